The highest BCUT2D eigenvalue weighted by atomic mass is 35.5. The maximum Gasteiger partial charge on any atom is 0.407 e. The highest BCUT2D eigenvalue weighted by molar-refractivity contribution is 6.30. The first-order valence-electron chi connectivity index (χ1n) is 9.94. The number of hydroxylamine groups is 2. The number of nitrogens with one attached hydrogen (secondary N) is 1. The van der Waals surface area contributed by atoms with Crippen LogP contribution in [0.3, 0.4) is 0 Å². The Kier molecular flexibility index (Phi) is 6.50. The predicted molar refractivity (Wildman–Crippen MR) is 107 cm³/mol. The van der Waals surface area contributed by atoms with E-state index in [4.69, 9.17) is 21.2 Å². The quantitative estimate of drug-likeness (QED) is 0.791. The minimum absolute atomic E-state index is 0.0353. The van der Waals surface area contributed by atoms with Gasteiger partial charge in [-0.3, -0.25) is 9.63 Å². The Balaban J connectivity index is 1.53. The van der Waals surface area contributed by atoms with Crippen molar-refractivity contribution >= 4 is 23.6 Å². The molecule has 0 unspecified atom stereocenters. The van der Waals surface area contributed by atoms with Crippen molar-refractivity contribution in [3.05, 3.63) is 34.9 Å². The number of rotatable bonds is 3. The molecule has 1 atom stereocenters. The Morgan fingerprint density at radius 2 is 1.75 bits per heavy atom. The first kappa shape index (κ1) is 20.9. The van der Waals surface area contributed by atoms with Crippen molar-refractivity contribution < 1.29 is 19.2 Å². The Bertz CT molecular complexity index is 693. The van der Waals surface area contributed by atoms with Gasteiger partial charge in [-0.25, -0.2) is 9.86 Å². The largest absolute Gasteiger partial charge is 0.444 e. The Labute approximate surface area is 171 Å². The summed E-state index contributed by atoms with van der Waals surface area (Å²) in [6, 6.07) is 7.55. The van der Waals surface area contributed by atoms with Crippen LogP contribution in [0, 0.1) is 5.92 Å². The third kappa shape index (κ3) is 5.39. The van der Waals surface area contributed by atoms with Gasteiger partial charge in [-0.2, -0.15) is 0 Å². The molecule has 6 nitrogen and oxygen atoms in total. The third-order valence-electron chi connectivity index (χ3n) is 5.17. The summed E-state index contributed by atoms with van der Waals surface area (Å²) in [6.45, 7) is 6.06. The van der Waals surface area contributed by atoms with Crippen molar-refractivity contribution in [1.29, 1.82) is 0 Å². The van der Waals surface area contributed by atoms with E-state index < -0.39 is 11.7 Å². The van der Waals surface area contributed by atoms with Gasteiger partial charge in [0, 0.05) is 23.4 Å². The Morgan fingerprint density at radius 3 is 2.36 bits per heavy atom. The highest BCUT2D eigenvalue weighted by Gasteiger charge is 2.37. The van der Waals surface area contributed by atoms with Gasteiger partial charge in [0.15, 0.2) is 0 Å². The summed E-state index contributed by atoms with van der Waals surface area (Å²) in [7, 11) is 0. The minimum Gasteiger partial charge on any atom is -0.444 e. The maximum atomic E-state index is 13.0. The van der Waals surface area contributed by atoms with E-state index in [-0.39, 0.29) is 23.9 Å². The van der Waals surface area contributed by atoms with E-state index in [0.29, 0.717) is 11.6 Å². The Hall–Kier alpha value is -1.79. The smallest absolute Gasteiger partial charge is 0.407 e. The summed E-state index contributed by atoms with van der Waals surface area (Å²) in [5.74, 6) is -0.0437. The van der Waals surface area contributed by atoms with Crippen LogP contribution < -0.4 is 5.32 Å². The minimum atomic E-state index is -0.513. The molecule has 0 spiro atoms. The topological polar surface area (TPSA) is 67.9 Å². The van der Waals surface area contributed by atoms with Crippen LogP contribution >= 0.6 is 11.6 Å². The lowest BCUT2D eigenvalue weighted by atomic mass is 9.85. The monoisotopic (exact) mass is 408 g/mol. The van der Waals surface area contributed by atoms with E-state index >= 15 is 0 Å². The van der Waals surface area contributed by atoms with Gasteiger partial charge < -0.3 is 10.1 Å². The van der Waals surface area contributed by atoms with Crippen LogP contribution in [0.2, 0.25) is 5.02 Å². The van der Waals surface area contributed by atoms with Crippen LogP contribution in [-0.4, -0.2) is 35.3 Å². The molecular formula is C21H29ClN2O4. The van der Waals surface area contributed by atoms with Crippen molar-refractivity contribution in [1.82, 2.24) is 10.4 Å². The summed E-state index contributed by atoms with van der Waals surface area (Å²) in [6.07, 6.45) is 3.36. The molecule has 2 amide bonds. The van der Waals surface area contributed by atoms with Gasteiger partial charge in [-0.15, -0.1) is 0 Å². The molecule has 3 rings (SSSR count). The second-order valence-electron chi connectivity index (χ2n) is 8.55. The maximum absolute atomic E-state index is 13.0. The molecule has 0 aromatic heterocycles. The van der Waals surface area contributed by atoms with Gasteiger partial charge >= 0.3 is 6.09 Å². The fourth-order valence-electron chi connectivity index (χ4n) is 3.81. The fraction of sp³-hybridized carbons (Fsp3) is 0.619. The van der Waals surface area contributed by atoms with E-state index in [1.165, 1.54) is 0 Å². The molecule has 0 bridgehead atoms. The lowest BCUT2D eigenvalue weighted by Crippen LogP contribution is -2.43. The number of halogens is 1. The van der Waals surface area contributed by atoms with Gasteiger partial charge in [-0.05, 0) is 64.2 Å². The van der Waals surface area contributed by atoms with Gasteiger partial charge in [0.2, 0.25) is 5.91 Å². The van der Waals surface area contributed by atoms with Crippen molar-refractivity contribution in [2.45, 2.75) is 70.6 Å². The first-order valence-corrected chi connectivity index (χ1v) is 10.3. The standard InChI is InChI=1S/C21H29ClN2O4/c1-21(2,3)28-20(26)23-17-10-6-15(7-11-17)19(25)24-18(12-13-27-24)14-4-8-16(22)9-5-14/h4-5,8-9,15,17-18H,6-7,10-13H2,1-3H3,(H,23,26)/t15-,17+,18-/m0/s1. The molecule has 1 N–H and O–H groups in total. The fourth-order valence-corrected chi connectivity index (χ4v) is 3.94. The Morgan fingerprint density at radius 1 is 1.11 bits per heavy atom. The molecule has 7 heteroatoms. The molecule has 2 fully saturated rings. The van der Waals surface area contributed by atoms with Crippen LogP contribution in [-0.2, 0) is 14.4 Å². The van der Waals surface area contributed by atoms with Crippen molar-refractivity contribution in [3.63, 3.8) is 0 Å². The van der Waals surface area contributed by atoms with Crippen LogP contribution in [0.15, 0.2) is 24.3 Å². The SMILES string of the molecule is CC(C)(C)OC(=O)N[C@H]1CC[C@@H](C(=O)N2OCC[C@H]2c2ccc(Cl)cc2)CC1. The molecule has 154 valence electrons. The van der Waals surface area contributed by atoms with E-state index in [2.05, 4.69) is 5.32 Å². The van der Waals surface area contributed by atoms with Gasteiger partial charge in [0.1, 0.15) is 5.60 Å². The van der Waals surface area contributed by atoms with Crippen LogP contribution in [0.25, 0.3) is 0 Å². The molecule has 1 saturated carbocycles. The first-order chi connectivity index (χ1) is 13.2. The summed E-state index contributed by atoms with van der Waals surface area (Å²) < 4.78 is 5.31. The molecule has 1 aromatic carbocycles. The predicted octanol–water partition coefficient (Wildman–Crippen LogP) is 4.63. The van der Waals surface area contributed by atoms with Gasteiger partial charge in [-0.1, -0.05) is 23.7 Å². The van der Waals surface area contributed by atoms with Gasteiger partial charge in [0.05, 0.1) is 12.6 Å². The molecular weight excluding hydrogens is 380 g/mol. The molecule has 28 heavy (non-hydrogen) atoms. The molecule has 1 saturated heterocycles. The van der Waals surface area contributed by atoms with E-state index in [9.17, 15) is 9.59 Å². The van der Waals surface area contributed by atoms with Crippen molar-refractivity contribution in [2.75, 3.05) is 6.61 Å². The zero-order valence-corrected chi connectivity index (χ0v) is 17.5. The summed E-state index contributed by atoms with van der Waals surface area (Å²) >= 11 is 5.97. The lowest BCUT2D eigenvalue weighted by molar-refractivity contribution is -0.183. The van der Waals surface area contributed by atoms with Gasteiger partial charge in [0.25, 0.3) is 0 Å². The summed E-state index contributed by atoms with van der Waals surface area (Å²) in [4.78, 5) is 30.6. The number of nitrogens with zero attached hydrogens (tertiary/aromatic N) is 1. The van der Waals surface area contributed by atoms with Crippen LogP contribution in [0.5, 0.6) is 0 Å². The average molecular weight is 409 g/mol. The third-order valence-corrected chi connectivity index (χ3v) is 5.43. The average Bonchev–Trinajstić information content (AvgIpc) is 3.10. The van der Waals surface area contributed by atoms with Crippen molar-refractivity contribution in [3.8, 4) is 0 Å². The molecule has 2 aliphatic rings. The lowest BCUT2D eigenvalue weighted by Gasteiger charge is -2.32. The van der Waals surface area contributed by atoms with E-state index in [1.54, 1.807) is 5.06 Å². The molecule has 1 aromatic rings. The number of alkyl carbamates (subject to hydrolysis) is 1. The van der Waals surface area contributed by atoms with Crippen LogP contribution in [0.4, 0.5) is 4.79 Å². The normalized spacial score (nSPS) is 25.4. The number of amides is 2. The summed E-state index contributed by atoms with van der Waals surface area (Å²) in [5.41, 5.74) is 0.525. The highest BCUT2D eigenvalue weighted by Crippen LogP contribution is 2.35. The zero-order valence-electron chi connectivity index (χ0n) is 16.7. The second-order valence-corrected chi connectivity index (χ2v) is 8.98. The number of carbonyl (C=O) groups excluding carboxylic acids is 2. The van der Waals surface area contributed by atoms with E-state index in [0.717, 1.165) is 37.7 Å². The number of ether oxygens (including phenoxy) is 1. The zero-order chi connectivity index (χ0) is 20.3. The number of hydrogen-bond donors (Lipinski definition) is 1. The van der Waals surface area contributed by atoms with Crippen molar-refractivity contribution in [2.24, 2.45) is 5.92 Å². The molecule has 1 aliphatic heterocycles. The molecule has 0 radical (unpaired) electrons. The molecule has 1 aliphatic carbocycles. The number of carbonyl (C=O) groups is 2. The summed E-state index contributed by atoms with van der Waals surface area (Å²) in [5, 5.41) is 5.14. The van der Waals surface area contributed by atoms with Crippen LogP contribution in [0.1, 0.15) is 64.5 Å². The number of hydrogen-bond acceptors (Lipinski definition) is 4. The molecule has 1 heterocycles. The second kappa shape index (κ2) is 8.70. The van der Waals surface area contributed by atoms with E-state index in [1.807, 2.05) is 45.0 Å². The number of benzene rings is 1.